The van der Waals surface area contributed by atoms with Gasteiger partial charge in [-0.2, -0.15) is 0 Å². The molecule has 0 radical (unpaired) electrons. The summed E-state index contributed by atoms with van der Waals surface area (Å²) in [5.41, 5.74) is 7.14. The first kappa shape index (κ1) is 18.0. The lowest BCUT2D eigenvalue weighted by Gasteiger charge is -2.46. The molecule has 2 aliphatic carbocycles. The van der Waals surface area contributed by atoms with E-state index in [4.69, 9.17) is 33.7 Å². The number of carbonyl (C=O) groups excluding carboxylic acids is 1. The van der Waals surface area contributed by atoms with Crippen LogP contribution in [0.2, 0.25) is 10.0 Å². The number of carbonyl (C=O) groups is 1. The minimum atomic E-state index is -0.596. The molecule has 2 saturated carbocycles. The largest absolute Gasteiger partial charge is 0.383 e. The lowest BCUT2D eigenvalue weighted by Crippen LogP contribution is -2.53. The third-order valence-electron chi connectivity index (χ3n) is 5.25. The van der Waals surface area contributed by atoms with Gasteiger partial charge in [-0.25, -0.2) is 0 Å². The molecule has 1 aromatic carbocycles. The van der Waals surface area contributed by atoms with Crippen LogP contribution in [0, 0.1) is 0 Å². The molecule has 0 aromatic heterocycles. The highest BCUT2D eigenvalue weighted by Gasteiger charge is 2.45. The second kappa shape index (κ2) is 7.20. The van der Waals surface area contributed by atoms with E-state index >= 15 is 0 Å². The summed E-state index contributed by atoms with van der Waals surface area (Å²) in [5, 5.41) is 1.13. The number of hydrogen-bond acceptors (Lipinski definition) is 3. The van der Waals surface area contributed by atoms with Gasteiger partial charge in [-0.15, -0.1) is 0 Å². The van der Waals surface area contributed by atoms with E-state index in [1.807, 2.05) is 23.1 Å². The smallest absolute Gasteiger partial charge is 0.242 e. The van der Waals surface area contributed by atoms with Crippen molar-refractivity contribution in [3.8, 4) is 0 Å². The van der Waals surface area contributed by atoms with Gasteiger partial charge in [0, 0.05) is 25.1 Å². The van der Waals surface area contributed by atoms with Gasteiger partial charge in [-0.05, 0) is 43.4 Å². The first-order valence-electron chi connectivity index (χ1n) is 8.47. The number of nitrogens with two attached hydrogens (primary N) is 1. The van der Waals surface area contributed by atoms with Crippen LogP contribution in [0.15, 0.2) is 18.2 Å². The summed E-state index contributed by atoms with van der Waals surface area (Å²) < 4.78 is 5.05. The number of rotatable bonds is 7. The van der Waals surface area contributed by atoms with Gasteiger partial charge in [0.2, 0.25) is 5.91 Å². The molecule has 2 aliphatic rings. The molecule has 2 fully saturated rings. The average Bonchev–Trinajstić information content (AvgIpc) is 3.34. The molecule has 0 saturated heterocycles. The van der Waals surface area contributed by atoms with Crippen LogP contribution in [-0.4, -0.2) is 43.2 Å². The van der Waals surface area contributed by atoms with Gasteiger partial charge in [0.1, 0.15) is 6.04 Å². The van der Waals surface area contributed by atoms with Crippen LogP contribution in [-0.2, 0) is 14.9 Å². The number of ether oxygens (including phenoxy) is 1. The monoisotopic (exact) mass is 370 g/mol. The Kier molecular flexibility index (Phi) is 5.40. The highest BCUT2D eigenvalue weighted by molar-refractivity contribution is 6.42. The van der Waals surface area contributed by atoms with Gasteiger partial charge in [0.15, 0.2) is 0 Å². The highest BCUT2D eigenvalue weighted by atomic mass is 35.5. The van der Waals surface area contributed by atoms with Crippen molar-refractivity contribution in [2.75, 3.05) is 20.3 Å². The van der Waals surface area contributed by atoms with Crippen LogP contribution >= 0.6 is 23.2 Å². The van der Waals surface area contributed by atoms with Crippen molar-refractivity contribution in [1.82, 2.24) is 4.90 Å². The van der Waals surface area contributed by atoms with Crippen molar-refractivity contribution in [3.63, 3.8) is 0 Å². The van der Waals surface area contributed by atoms with Crippen LogP contribution in [0.25, 0.3) is 0 Å². The molecule has 1 amide bonds. The molecular weight excluding hydrogens is 347 g/mol. The van der Waals surface area contributed by atoms with Crippen LogP contribution in [0.1, 0.15) is 37.7 Å². The van der Waals surface area contributed by atoms with Crippen molar-refractivity contribution in [3.05, 3.63) is 33.8 Å². The van der Waals surface area contributed by atoms with Gasteiger partial charge in [-0.3, -0.25) is 4.79 Å². The fourth-order valence-corrected chi connectivity index (χ4v) is 3.83. The standard InChI is InChI=1S/C18H24Cl2N2O2/c1-24-10-16(21)17(23)22(13-4-5-13)11-18(7-2-8-18)12-3-6-14(19)15(20)9-12/h3,6,9,13,16H,2,4-5,7-8,10-11,21H2,1H3. The predicted octanol–water partition coefficient (Wildman–Crippen LogP) is 3.38. The zero-order chi connectivity index (χ0) is 17.3. The van der Waals surface area contributed by atoms with E-state index in [2.05, 4.69) is 0 Å². The van der Waals surface area contributed by atoms with Crippen LogP contribution < -0.4 is 5.73 Å². The van der Waals surface area contributed by atoms with E-state index in [9.17, 15) is 4.79 Å². The highest BCUT2D eigenvalue weighted by Crippen LogP contribution is 2.47. The fraction of sp³-hybridized carbons (Fsp3) is 0.611. The minimum Gasteiger partial charge on any atom is -0.383 e. The average molecular weight is 371 g/mol. The molecule has 1 unspecified atom stereocenters. The molecule has 6 heteroatoms. The number of nitrogens with zero attached hydrogens (tertiary/aromatic N) is 1. The van der Waals surface area contributed by atoms with E-state index in [-0.39, 0.29) is 17.9 Å². The summed E-state index contributed by atoms with van der Waals surface area (Å²) in [6.07, 6.45) is 5.39. The third-order valence-corrected chi connectivity index (χ3v) is 5.99. The first-order valence-corrected chi connectivity index (χ1v) is 9.23. The summed E-state index contributed by atoms with van der Waals surface area (Å²) in [6, 6.07) is 5.56. The molecule has 4 nitrogen and oxygen atoms in total. The second-order valence-electron chi connectivity index (χ2n) is 7.02. The molecule has 1 atom stereocenters. The van der Waals surface area contributed by atoms with Crippen molar-refractivity contribution in [2.24, 2.45) is 5.73 Å². The Morgan fingerprint density at radius 2 is 2.08 bits per heavy atom. The normalized spacial score (nSPS) is 20.3. The maximum Gasteiger partial charge on any atom is 0.242 e. The summed E-state index contributed by atoms with van der Waals surface area (Å²) >= 11 is 12.3. The fourth-order valence-electron chi connectivity index (χ4n) is 3.53. The van der Waals surface area contributed by atoms with Crippen LogP contribution in [0.3, 0.4) is 0 Å². The van der Waals surface area contributed by atoms with E-state index < -0.39 is 6.04 Å². The molecule has 0 aliphatic heterocycles. The molecule has 0 spiro atoms. The van der Waals surface area contributed by atoms with Crippen molar-refractivity contribution < 1.29 is 9.53 Å². The number of hydrogen-bond donors (Lipinski definition) is 1. The summed E-state index contributed by atoms with van der Waals surface area (Å²) in [4.78, 5) is 14.7. The maximum atomic E-state index is 12.8. The minimum absolute atomic E-state index is 0.00862. The molecule has 0 heterocycles. The van der Waals surface area contributed by atoms with E-state index in [1.54, 1.807) is 7.11 Å². The lowest BCUT2D eigenvalue weighted by molar-refractivity contribution is -0.136. The molecule has 132 valence electrons. The van der Waals surface area contributed by atoms with E-state index in [1.165, 1.54) is 5.56 Å². The van der Waals surface area contributed by atoms with E-state index in [0.717, 1.165) is 32.1 Å². The molecular formula is C18H24Cl2N2O2. The Balaban J connectivity index is 1.81. The topological polar surface area (TPSA) is 55.6 Å². The summed E-state index contributed by atoms with van der Waals surface area (Å²) in [5.74, 6) is -0.00862. The van der Waals surface area contributed by atoms with Crippen molar-refractivity contribution >= 4 is 29.1 Å². The molecule has 0 bridgehead atoms. The molecule has 24 heavy (non-hydrogen) atoms. The zero-order valence-electron chi connectivity index (χ0n) is 13.9. The van der Waals surface area contributed by atoms with Gasteiger partial charge in [0.05, 0.1) is 16.7 Å². The maximum absolute atomic E-state index is 12.8. The Hall–Kier alpha value is -0.810. The molecule has 2 N–H and O–H groups in total. The molecule has 1 aromatic rings. The van der Waals surface area contributed by atoms with Crippen LogP contribution in [0.5, 0.6) is 0 Å². The SMILES string of the molecule is COCC(N)C(=O)N(CC1(c2ccc(Cl)c(Cl)c2)CCC1)C1CC1. The van der Waals surface area contributed by atoms with Crippen molar-refractivity contribution in [2.45, 2.75) is 49.6 Å². The zero-order valence-corrected chi connectivity index (χ0v) is 15.4. The van der Waals surface area contributed by atoms with Crippen LogP contribution in [0.4, 0.5) is 0 Å². The predicted molar refractivity (Wildman–Crippen MR) is 96.6 cm³/mol. The Morgan fingerprint density at radius 3 is 2.58 bits per heavy atom. The number of amides is 1. The van der Waals surface area contributed by atoms with Gasteiger partial charge < -0.3 is 15.4 Å². The Morgan fingerprint density at radius 1 is 1.38 bits per heavy atom. The van der Waals surface area contributed by atoms with Gasteiger partial charge in [0.25, 0.3) is 0 Å². The summed E-state index contributed by atoms with van der Waals surface area (Å²) in [6.45, 7) is 0.952. The molecule has 3 rings (SSSR count). The van der Waals surface area contributed by atoms with Gasteiger partial charge >= 0.3 is 0 Å². The van der Waals surface area contributed by atoms with Gasteiger partial charge in [-0.1, -0.05) is 35.7 Å². The Bertz CT molecular complexity index is 615. The summed E-state index contributed by atoms with van der Waals surface area (Å²) in [7, 11) is 1.57. The quantitative estimate of drug-likeness (QED) is 0.800. The third kappa shape index (κ3) is 3.57. The number of halogens is 2. The number of methoxy groups -OCH3 is 1. The first-order chi connectivity index (χ1) is 11.5. The van der Waals surface area contributed by atoms with E-state index in [0.29, 0.717) is 22.6 Å². The Labute approximate surface area is 153 Å². The van der Waals surface area contributed by atoms with Crippen molar-refractivity contribution in [1.29, 1.82) is 0 Å². The number of benzene rings is 1. The lowest BCUT2D eigenvalue weighted by atomic mass is 9.64. The second-order valence-corrected chi connectivity index (χ2v) is 7.84.